The molecule has 1 aliphatic carbocycles. The minimum Gasteiger partial charge on any atom is -0.493 e. The molecule has 4 heteroatoms. The highest BCUT2D eigenvalue weighted by Gasteiger charge is 2.18. The van der Waals surface area contributed by atoms with E-state index in [0.29, 0.717) is 6.61 Å². The number of benzene rings is 1. The number of esters is 1. The number of carbonyl (C=O) groups is 1. The Labute approximate surface area is 125 Å². The average Bonchev–Trinajstić information content (AvgIpc) is 2.99. The third kappa shape index (κ3) is 4.52. The SMILES string of the molecule is CCOC(=O)/C=C/c1ccc(OC)c(OC2CCCC2)c1. The first-order valence-corrected chi connectivity index (χ1v) is 7.42. The van der Waals surface area contributed by atoms with Crippen molar-refractivity contribution in [2.24, 2.45) is 0 Å². The second kappa shape index (κ2) is 7.72. The van der Waals surface area contributed by atoms with Gasteiger partial charge in [0.2, 0.25) is 0 Å². The van der Waals surface area contributed by atoms with Crippen LogP contribution in [0.1, 0.15) is 38.2 Å². The Kier molecular flexibility index (Phi) is 5.67. The fraction of sp³-hybridized carbons (Fsp3) is 0.471. The highest BCUT2D eigenvalue weighted by Crippen LogP contribution is 2.32. The molecule has 0 aliphatic heterocycles. The highest BCUT2D eigenvalue weighted by atomic mass is 16.5. The summed E-state index contributed by atoms with van der Waals surface area (Å²) in [6.45, 7) is 2.16. The first-order chi connectivity index (χ1) is 10.2. The normalized spacial score (nSPS) is 15.3. The maximum atomic E-state index is 11.3. The molecule has 0 aromatic heterocycles. The van der Waals surface area contributed by atoms with Crippen LogP contribution in [0.25, 0.3) is 6.08 Å². The third-order valence-corrected chi connectivity index (χ3v) is 3.48. The zero-order valence-corrected chi connectivity index (χ0v) is 12.6. The van der Waals surface area contributed by atoms with E-state index in [0.717, 1.165) is 29.9 Å². The van der Waals surface area contributed by atoms with Gasteiger partial charge in [0.1, 0.15) is 0 Å². The molecule has 1 aromatic carbocycles. The van der Waals surface area contributed by atoms with E-state index < -0.39 is 0 Å². The van der Waals surface area contributed by atoms with E-state index >= 15 is 0 Å². The molecule has 1 aliphatic rings. The molecule has 1 aromatic rings. The molecule has 0 radical (unpaired) electrons. The molecule has 2 rings (SSSR count). The lowest BCUT2D eigenvalue weighted by Gasteiger charge is -2.16. The van der Waals surface area contributed by atoms with Crippen LogP contribution in [0.4, 0.5) is 0 Å². The summed E-state index contributed by atoms with van der Waals surface area (Å²) in [5, 5.41) is 0. The molecule has 0 spiro atoms. The molecular weight excluding hydrogens is 268 g/mol. The molecule has 0 unspecified atom stereocenters. The van der Waals surface area contributed by atoms with E-state index in [-0.39, 0.29) is 12.1 Å². The summed E-state index contributed by atoms with van der Waals surface area (Å²) in [6.07, 6.45) is 8.02. The standard InChI is InChI=1S/C17H22O4/c1-3-20-17(18)11-9-13-8-10-15(19-2)16(12-13)21-14-6-4-5-7-14/h8-12,14H,3-7H2,1-2H3/b11-9+. The summed E-state index contributed by atoms with van der Waals surface area (Å²) in [4.78, 5) is 11.3. The number of carbonyl (C=O) groups excluding carboxylic acids is 1. The van der Waals surface area contributed by atoms with Crippen LogP contribution in [0.5, 0.6) is 11.5 Å². The maximum absolute atomic E-state index is 11.3. The van der Waals surface area contributed by atoms with Gasteiger partial charge in [0.25, 0.3) is 0 Å². The monoisotopic (exact) mass is 290 g/mol. The summed E-state index contributed by atoms with van der Waals surface area (Å²) in [5.74, 6) is 1.11. The van der Waals surface area contributed by atoms with Gasteiger partial charge in [-0.1, -0.05) is 6.07 Å². The van der Waals surface area contributed by atoms with Crippen molar-refractivity contribution < 1.29 is 19.0 Å². The molecular formula is C17H22O4. The van der Waals surface area contributed by atoms with Crippen LogP contribution in [0.15, 0.2) is 24.3 Å². The highest BCUT2D eigenvalue weighted by molar-refractivity contribution is 5.87. The van der Waals surface area contributed by atoms with Crippen LogP contribution >= 0.6 is 0 Å². The first kappa shape index (κ1) is 15.4. The predicted molar refractivity (Wildman–Crippen MR) is 81.5 cm³/mol. The molecule has 21 heavy (non-hydrogen) atoms. The zero-order valence-electron chi connectivity index (χ0n) is 12.6. The number of methoxy groups -OCH3 is 1. The second-order valence-corrected chi connectivity index (χ2v) is 5.02. The van der Waals surface area contributed by atoms with Crippen LogP contribution in [0, 0.1) is 0 Å². The van der Waals surface area contributed by atoms with Gasteiger partial charge in [0, 0.05) is 6.08 Å². The van der Waals surface area contributed by atoms with Crippen molar-refractivity contribution in [2.45, 2.75) is 38.7 Å². The van der Waals surface area contributed by atoms with Crippen molar-refractivity contribution in [3.05, 3.63) is 29.8 Å². The van der Waals surface area contributed by atoms with Gasteiger partial charge in [-0.2, -0.15) is 0 Å². The van der Waals surface area contributed by atoms with Crippen molar-refractivity contribution >= 4 is 12.0 Å². The average molecular weight is 290 g/mol. The fourth-order valence-electron chi connectivity index (χ4n) is 2.43. The first-order valence-electron chi connectivity index (χ1n) is 7.42. The largest absolute Gasteiger partial charge is 0.493 e. The van der Waals surface area contributed by atoms with Gasteiger partial charge in [0.15, 0.2) is 11.5 Å². The summed E-state index contributed by atoms with van der Waals surface area (Å²) in [5.41, 5.74) is 0.886. The zero-order chi connectivity index (χ0) is 15.1. The van der Waals surface area contributed by atoms with Crippen LogP contribution < -0.4 is 9.47 Å². The van der Waals surface area contributed by atoms with Crippen molar-refractivity contribution in [3.8, 4) is 11.5 Å². The molecule has 0 atom stereocenters. The van der Waals surface area contributed by atoms with E-state index in [1.807, 2.05) is 18.2 Å². The van der Waals surface area contributed by atoms with Crippen LogP contribution in [-0.4, -0.2) is 25.8 Å². The Bertz CT molecular complexity index is 502. The molecule has 0 amide bonds. The number of hydrogen-bond donors (Lipinski definition) is 0. The predicted octanol–water partition coefficient (Wildman–Crippen LogP) is 3.59. The number of ether oxygens (including phenoxy) is 3. The van der Waals surface area contributed by atoms with Crippen LogP contribution in [0.2, 0.25) is 0 Å². The molecule has 114 valence electrons. The minimum atomic E-state index is -0.341. The number of rotatable bonds is 6. The lowest BCUT2D eigenvalue weighted by Crippen LogP contribution is -2.11. The Morgan fingerprint density at radius 2 is 2.05 bits per heavy atom. The van der Waals surface area contributed by atoms with Crippen molar-refractivity contribution in [1.82, 2.24) is 0 Å². The second-order valence-electron chi connectivity index (χ2n) is 5.02. The van der Waals surface area contributed by atoms with Crippen molar-refractivity contribution in [2.75, 3.05) is 13.7 Å². The summed E-state index contributed by atoms with van der Waals surface area (Å²) < 4.78 is 16.2. The van der Waals surface area contributed by atoms with E-state index in [4.69, 9.17) is 14.2 Å². The Hall–Kier alpha value is -1.97. The maximum Gasteiger partial charge on any atom is 0.330 e. The summed E-state index contributed by atoms with van der Waals surface area (Å²) in [6, 6.07) is 5.64. The van der Waals surface area contributed by atoms with E-state index in [1.165, 1.54) is 18.9 Å². The van der Waals surface area contributed by atoms with Gasteiger partial charge < -0.3 is 14.2 Å². The number of hydrogen-bond acceptors (Lipinski definition) is 4. The van der Waals surface area contributed by atoms with Crippen LogP contribution in [0.3, 0.4) is 0 Å². The third-order valence-electron chi connectivity index (χ3n) is 3.48. The minimum absolute atomic E-state index is 0.267. The topological polar surface area (TPSA) is 44.8 Å². The Morgan fingerprint density at radius 1 is 1.29 bits per heavy atom. The smallest absolute Gasteiger partial charge is 0.330 e. The molecule has 0 heterocycles. The van der Waals surface area contributed by atoms with Gasteiger partial charge in [-0.05, 0) is 56.4 Å². The van der Waals surface area contributed by atoms with Gasteiger partial charge in [-0.25, -0.2) is 4.79 Å². The van der Waals surface area contributed by atoms with Gasteiger partial charge in [0.05, 0.1) is 19.8 Å². The van der Waals surface area contributed by atoms with Crippen molar-refractivity contribution in [1.29, 1.82) is 0 Å². The molecule has 1 saturated carbocycles. The molecule has 0 saturated heterocycles. The lowest BCUT2D eigenvalue weighted by molar-refractivity contribution is -0.137. The van der Waals surface area contributed by atoms with E-state index in [2.05, 4.69) is 0 Å². The summed E-state index contributed by atoms with van der Waals surface area (Å²) in [7, 11) is 1.63. The molecule has 4 nitrogen and oxygen atoms in total. The van der Waals surface area contributed by atoms with Gasteiger partial charge in [-0.3, -0.25) is 0 Å². The van der Waals surface area contributed by atoms with Crippen LogP contribution in [-0.2, 0) is 9.53 Å². The van der Waals surface area contributed by atoms with E-state index in [9.17, 15) is 4.79 Å². The van der Waals surface area contributed by atoms with Gasteiger partial charge >= 0.3 is 5.97 Å². The Balaban J connectivity index is 2.10. The lowest BCUT2D eigenvalue weighted by atomic mass is 10.2. The van der Waals surface area contributed by atoms with E-state index in [1.54, 1.807) is 20.1 Å². The Morgan fingerprint density at radius 3 is 2.71 bits per heavy atom. The molecule has 1 fully saturated rings. The fourth-order valence-corrected chi connectivity index (χ4v) is 2.43. The summed E-state index contributed by atoms with van der Waals surface area (Å²) >= 11 is 0. The molecule has 0 bridgehead atoms. The van der Waals surface area contributed by atoms with Crippen molar-refractivity contribution in [3.63, 3.8) is 0 Å². The quantitative estimate of drug-likeness (QED) is 0.593. The molecule has 0 N–H and O–H groups in total. The van der Waals surface area contributed by atoms with Gasteiger partial charge in [-0.15, -0.1) is 0 Å².